The third-order valence-electron chi connectivity index (χ3n) is 3.37. The average molecular weight is 260 g/mol. The normalized spacial score (nSPS) is 10.5. The van der Waals surface area contributed by atoms with Gasteiger partial charge in [0, 0.05) is 34.3 Å². The molecule has 1 aromatic carbocycles. The van der Waals surface area contributed by atoms with Gasteiger partial charge in [-0.1, -0.05) is 42.5 Å². The van der Waals surface area contributed by atoms with E-state index in [1.807, 2.05) is 44.3 Å². The van der Waals surface area contributed by atoms with Crippen molar-refractivity contribution in [2.45, 2.75) is 13.8 Å². The Morgan fingerprint density at radius 1 is 0.750 bits per heavy atom. The maximum absolute atomic E-state index is 4.56. The summed E-state index contributed by atoms with van der Waals surface area (Å²) >= 11 is 0. The topological polar surface area (TPSA) is 25.8 Å². The zero-order valence-corrected chi connectivity index (χ0v) is 11.7. The Labute approximate surface area is 119 Å². The number of benzene rings is 1. The van der Waals surface area contributed by atoms with Gasteiger partial charge in [-0.15, -0.1) is 0 Å². The second-order valence-electron chi connectivity index (χ2n) is 4.88. The van der Waals surface area contributed by atoms with Crippen LogP contribution in [0.4, 0.5) is 0 Å². The van der Waals surface area contributed by atoms with E-state index >= 15 is 0 Å². The first-order valence-electron chi connectivity index (χ1n) is 6.70. The molecule has 0 aliphatic heterocycles. The van der Waals surface area contributed by atoms with Crippen LogP contribution in [0, 0.1) is 13.8 Å². The summed E-state index contributed by atoms with van der Waals surface area (Å²) in [4.78, 5) is 9.06. The SMILES string of the molecule is Cc1ccc(-c2ccc(-c3ccccc3)nc2)c(C)n1. The van der Waals surface area contributed by atoms with Crippen molar-refractivity contribution in [3.05, 3.63) is 72.2 Å². The zero-order chi connectivity index (χ0) is 13.9. The van der Waals surface area contributed by atoms with Crippen LogP contribution in [-0.2, 0) is 0 Å². The molecule has 0 bridgehead atoms. The number of aryl methyl sites for hydroxylation is 2. The second kappa shape index (κ2) is 5.25. The molecule has 20 heavy (non-hydrogen) atoms. The number of nitrogens with zero attached hydrogens (tertiary/aromatic N) is 2. The third-order valence-corrected chi connectivity index (χ3v) is 3.37. The molecular weight excluding hydrogens is 244 g/mol. The minimum atomic E-state index is 0.993. The van der Waals surface area contributed by atoms with Crippen LogP contribution in [0.2, 0.25) is 0 Å². The predicted molar refractivity (Wildman–Crippen MR) is 82.4 cm³/mol. The Morgan fingerprint density at radius 2 is 1.55 bits per heavy atom. The van der Waals surface area contributed by atoms with Crippen molar-refractivity contribution in [2.24, 2.45) is 0 Å². The summed E-state index contributed by atoms with van der Waals surface area (Å²) in [6, 6.07) is 18.5. The van der Waals surface area contributed by atoms with Gasteiger partial charge in [0.15, 0.2) is 0 Å². The molecule has 0 aliphatic carbocycles. The molecule has 2 heteroatoms. The van der Waals surface area contributed by atoms with Crippen LogP contribution in [0.15, 0.2) is 60.8 Å². The molecule has 0 amide bonds. The van der Waals surface area contributed by atoms with Crippen LogP contribution in [0.5, 0.6) is 0 Å². The fourth-order valence-corrected chi connectivity index (χ4v) is 2.32. The van der Waals surface area contributed by atoms with Crippen molar-refractivity contribution in [3.8, 4) is 22.4 Å². The number of hydrogen-bond acceptors (Lipinski definition) is 2. The Hall–Kier alpha value is -2.48. The van der Waals surface area contributed by atoms with E-state index in [-0.39, 0.29) is 0 Å². The first-order valence-corrected chi connectivity index (χ1v) is 6.70. The van der Waals surface area contributed by atoms with Gasteiger partial charge in [0.25, 0.3) is 0 Å². The molecule has 2 aromatic heterocycles. The Kier molecular flexibility index (Phi) is 3.30. The van der Waals surface area contributed by atoms with E-state index in [0.29, 0.717) is 0 Å². The highest BCUT2D eigenvalue weighted by Gasteiger charge is 2.05. The lowest BCUT2D eigenvalue weighted by atomic mass is 10.0. The smallest absolute Gasteiger partial charge is 0.0702 e. The van der Waals surface area contributed by atoms with E-state index in [1.54, 1.807) is 0 Å². The molecule has 2 heterocycles. The molecule has 0 unspecified atom stereocenters. The highest BCUT2D eigenvalue weighted by molar-refractivity contribution is 5.68. The Bertz CT molecular complexity index is 716. The fraction of sp³-hybridized carbons (Fsp3) is 0.111. The van der Waals surface area contributed by atoms with Crippen LogP contribution in [-0.4, -0.2) is 9.97 Å². The van der Waals surface area contributed by atoms with E-state index in [2.05, 4.69) is 40.3 Å². The Balaban J connectivity index is 1.97. The van der Waals surface area contributed by atoms with Crippen LogP contribution in [0.25, 0.3) is 22.4 Å². The minimum Gasteiger partial charge on any atom is -0.258 e. The van der Waals surface area contributed by atoms with Gasteiger partial charge in [0.1, 0.15) is 0 Å². The maximum Gasteiger partial charge on any atom is 0.0702 e. The summed E-state index contributed by atoms with van der Waals surface area (Å²) in [5, 5.41) is 0. The van der Waals surface area contributed by atoms with Crippen molar-refractivity contribution in [2.75, 3.05) is 0 Å². The van der Waals surface area contributed by atoms with Crippen LogP contribution in [0.1, 0.15) is 11.4 Å². The van der Waals surface area contributed by atoms with E-state index in [4.69, 9.17) is 0 Å². The fourth-order valence-electron chi connectivity index (χ4n) is 2.32. The lowest BCUT2D eigenvalue weighted by Crippen LogP contribution is -1.91. The van der Waals surface area contributed by atoms with Gasteiger partial charge in [-0.25, -0.2) is 0 Å². The van der Waals surface area contributed by atoms with Gasteiger partial charge < -0.3 is 0 Å². The van der Waals surface area contributed by atoms with Crippen molar-refractivity contribution in [1.29, 1.82) is 0 Å². The number of rotatable bonds is 2. The molecule has 0 fully saturated rings. The van der Waals surface area contributed by atoms with Crippen molar-refractivity contribution >= 4 is 0 Å². The van der Waals surface area contributed by atoms with Gasteiger partial charge in [0.2, 0.25) is 0 Å². The summed E-state index contributed by atoms with van der Waals surface area (Å²) in [7, 11) is 0. The molecule has 2 nitrogen and oxygen atoms in total. The summed E-state index contributed by atoms with van der Waals surface area (Å²) < 4.78 is 0. The summed E-state index contributed by atoms with van der Waals surface area (Å²) in [5.41, 5.74) is 6.46. The largest absolute Gasteiger partial charge is 0.258 e. The highest BCUT2D eigenvalue weighted by Crippen LogP contribution is 2.24. The van der Waals surface area contributed by atoms with E-state index < -0.39 is 0 Å². The molecule has 0 N–H and O–H groups in total. The minimum absolute atomic E-state index is 0.993. The molecular formula is C18H16N2. The van der Waals surface area contributed by atoms with Gasteiger partial charge in [-0.2, -0.15) is 0 Å². The molecule has 98 valence electrons. The monoisotopic (exact) mass is 260 g/mol. The lowest BCUT2D eigenvalue weighted by Gasteiger charge is -2.07. The molecule has 3 rings (SSSR count). The molecule has 0 spiro atoms. The molecule has 0 radical (unpaired) electrons. The lowest BCUT2D eigenvalue weighted by molar-refractivity contribution is 1.12. The summed E-state index contributed by atoms with van der Waals surface area (Å²) in [6.07, 6.45) is 1.92. The molecule has 0 aliphatic rings. The molecule has 0 saturated carbocycles. The summed E-state index contributed by atoms with van der Waals surface area (Å²) in [6.45, 7) is 4.04. The molecule has 3 aromatic rings. The average Bonchev–Trinajstić information content (AvgIpc) is 2.48. The second-order valence-corrected chi connectivity index (χ2v) is 4.88. The van der Waals surface area contributed by atoms with Crippen molar-refractivity contribution in [1.82, 2.24) is 9.97 Å². The predicted octanol–water partition coefficient (Wildman–Crippen LogP) is 4.43. The van der Waals surface area contributed by atoms with Crippen LogP contribution in [0.3, 0.4) is 0 Å². The van der Waals surface area contributed by atoms with E-state index in [1.165, 1.54) is 0 Å². The van der Waals surface area contributed by atoms with Crippen molar-refractivity contribution in [3.63, 3.8) is 0 Å². The number of pyridine rings is 2. The third kappa shape index (κ3) is 2.45. The van der Waals surface area contributed by atoms with Crippen molar-refractivity contribution < 1.29 is 0 Å². The Morgan fingerprint density at radius 3 is 2.20 bits per heavy atom. The standard InChI is InChI=1S/C18H16N2/c1-13-8-10-17(14(2)20-13)16-9-11-18(19-12-16)15-6-4-3-5-7-15/h3-12H,1-2H3. The highest BCUT2D eigenvalue weighted by atomic mass is 14.7. The van der Waals surface area contributed by atoms with Gasteiger partial charge in [-0.3, -0.25) is 9.97 Å². The van der Waals surface area contributed by atoms with E-state index in [9.17, 15) is 0 Å². The number of hydrogen-bond donors (Lipinski definition) is 0. The van der Waals surface area contributed by atoms with Gasteiger partial charge in [0.05, 0.1) is 5.69 Å². The van der Waals surface area contributed by atoms with Gasteiger partial charge in [-0.05, 0) is 26.0 Å². The zero-order valence-electron chi connectivity index (χ0n) is 11.7. The summed E-state index contributed by atoms with van der Waals surface area (Å²) in [5.74, 6) is 0. The number of aromatic nitrogens is 2. The molecule has 0 atom stereocenters. The van der Waals surface area contributed by atoms with Crippen LogP contribution >= 0.6 is 0 Å². The molecule has 0 saturated heterocycles. The quantitative estimate of drug-likeness (QED) is 0.681. The van der Waals surface area contributed by atoms with E-state index in [0.717, 1.165) is 33.8 Å². The first-order chi connectivity index (χ1) is 9.74. The maximum atomic E-state index is 4.56. The first kappa shape index (κ1) is 12.5. The van der Waals surface area contributed by atoms with Crippen LogP contribution < -0.4 is 0 Å². The van der Waals surface area contributed by atoms with Gasteiger partial charge >= 0.3 is 0 Å².